The number of para-hydroxylation sites is 1. The zero-order valence-electron chi connectivity index (χ0n) is 14.3. The molecule has 3 heterocycles. The van der Waals surface area contributed by atoms with Crippen LogP contribution in [0.3, 0.4) is 0 Å². The van der Waals surface area contributed by atoms with E-state index in [0.29, 0.717) is 6.54 Å². The van der Waals surface area contributed by atoms with E-state index in [4.69, 9.17) is 4.74 Å². The Morgan fingerprint density at radius 3 is 2.84 bits per heavy atom. The standard InChI is InChI=1S/C19H18N4OS/c1-11-8-12(2)23-19-15(11)16-17(25-19)18(22-10-21-16)20-9-13-6-4-5-7-14(13)24-3/h4-8,10H,9H2,1-3H3,(H,20,21,22). The van der Waals surface area contributed by atoms with Crippen molar-refractivity contribution in [2.75, 3.05) is 12.4 Å². The van der Waals surface area contributed by atoms with Crippen molar-refractivity contribution in [3.8, 4) is 5.75 Å². The summed E-state index contributed by atoms with van der Waals surface area (Å²) in [6.45, 7) is 4.76. The van der Waals surface area contributed by atoms with Gasteiger partial charge in [-0.05, 0) is 31.5 Å². The second-order valence-corrected chi connectivity index (χ2v) is 6.93. The van der Waals surface area contributed by atoms with E-state index >= 15 is 0 Å². The van der Waals surface area contributed by atoms with Crippen molar-refractivity contribution in [3.63, 3.8) is 0 Å². The topological polar surface area (TPSA) is 59.9 Å². The van der Waals surface area contributed by atoms with Gasteiger partial charge in [0.2, 0.25) is 0 Å². The number of pyridine rings is 1. The Kier molecular flexibility index (Phi) is 3.97. The van der Waals surface area contributed by atoms with Crippen molar-refractivity contribution in [2.24, 2.45) is 0 Å². The van der Waals surface area contributed by atoms with E-state index in [2.05, 4.69) is 33.3 Å². The van der Waals surface area contributed by atoms with Gasteiger partial charge < -0.3 is 10.1 Å². The van der Waals surface area contributed by atoms with Gasteiger partial charge in [0.25, 0.3) is 0 Å². The lowest BCUT2D eigenvalue weighted by Crippen LogP contribution is -2.03. The number of nitrogens with zero attached hydrogens (tertiary/aromatic N) is 3. The van der Waals surface area contributed by atoms with Crippen molar-refractivity contribution >= 4 is 37.6 Å². The van der Waals surface area contributed by atoms with Crippen molar-refractivity contribution in [1.82, 2.24) is 15.0 Å². The quantitative estimate of drug-likeness (QED) is 0.588. The second-order valence-electron chi connectivity index (χ2n) is 5.93. The van der Waals surface area contributed by atoms with E-state index in [1.165, 1.54) is 5.56 Å². The van der Waals surface area contributed by atoms with Crippen LogP contribution in [-0.2, 0) is 6.54 Å². The van der Waals surface area contributed by atoms with Crippen LogP contribution in [0.5, 0.6) is 5.75 Å². The minimum atomic E-state index is 0.635. The molecule has 0 saturated carbocycles. The number of benzene rings is 1. The molecule has 0 saturated heterocycles. The normalized spacial score (nSPS) is 11.2. The average molecular weight is 350 g/mol. The molecule has 5 nitrogen and oxygen atoms in total. The molecule has 0 spiro atoms. The Labute approximate surface area is 149 Å². The van der Waals surface area contributed by atoms with E-state index in [9.17, 15) is 0 Å². The van der Waals surface area contributed by atoms with Crippen LogP contribution in [0, 0.1) is 13.8 Å². The lowest BCUT2D eigenvalue weighted by molar-refractivity contribution is 0.410. The summed E-state index contributed by atoms with van der Waals surface area (Å²) in [6, 6.07) is 10.1. The predicted octanol–water partition coefficient (Wildman–Crippen LogP) is 4.48. The Balaban J connectivity index is 1.76. The highest BCUT2D eigenvalue weighted by atomic mass is 32.1. The first kappa shape index (κ1) is 15.8. The Morgan fingerprint density at radius 1 is 1.16 bits per heavy atom. The van der Waals surface area contributed by atoms with Crippen LogP contribution in [0.2, 0.25) is 0 Å². The number of methoxy groups -OCH3 is 1. The number of aryl methyl sites for hydroxylation is 2. The SMILES string of the molecule is COc1ccccc1CNc1ncnc2c1sc1nc(C)cc(C)c12. The van der Waals surface area contributed by atoms with Gasteiger partial charge >= 0.3 is 0 Å². The third kappa shape index (κ3) is 2.78. The first-order valence-electron chi connectivity index (χ1n) is 8.04. The third-order valence-electron chi connectivity index (χ3n) is 4.19. The predicted molar refractivity (Wildman–Crippen MR) is 103 cm³/mol. The van der Waals surface area contributed by atoms with Gasteiger partial charge in [-0.25, -0.2) is 15.0 Å². The number of fused-ring (bicyclic) bond motifs is 3. The van der Waals surface area contributed by atoms with Gasteiger partial charge in [0, 0.05) is 23.2 Å². The number of nitrogens with one attached hydrogen (secondary N) is 1. The van der Waals surface area contributed by atoms with Gasteiger partial charge in [-0.3, -0.25) is 0 Å². The lowest BCUT2D eigenvalue weighted by Gasteiger charge is -2.10. The Hall–Kier alpha value is -2.73. The maximum absolute atomic E-state index is 5.42. The van der Waals surface area contributed by atoms with Crippen LogP contribution in [0.4, 0.5) is 5.82 Å². The maximum Gasteiger partial charge on any atom is 0.147 e. The Bertz CT molecular complexity index is 1070. The number of anilines is 1. The summed E-state index contributed by atoms with van der Waals surface area (Å²) in [4.78, 5) is 14.6. The van der Waals surface area contributed by atoms with Crippen LogP contribution in [0.25, 0.3) is 20.4 Å². The zero-order chi connectivity index (χ0) is 17.4. The summed E-state index contributed by atoms with van der Waals surface area (Å²) in [5, 5.41) is 4.54. The van der Waals surface area contributed by atoms with E-state index < -0.39 is 0 Å². The Morgan fingerprint density at radius 2 is 2.00 bits per heavy atom. The fourth-order valence-electron chi connectivity index (χ4n) is 3.06. The zero-order valence-corrected chi connectivity index (χ0v) is 15.1. The molecule has 0 unspecified atom stereocenters. The van der Waals surface area contributed by atoms with E-state index in [0.717, 1.165) is 43.3 Å². The van der Waals surface area contributed by atoms with Crippen LogP contribution in [-0.4, -0.2) is 22.1 Å². The monoisotopic (exact) mass is 350 g/mol. The highest BCUT2D eigenvalue weighted by Gasteiger charge is 2.14. The molecule has 0 amide bonds. The van der Waals surface area contributed by atoms with E-state index in [1.807, 2.05) is 31.2 Å². The first-order chi connectivity index (χ1) is 12.2. The van der Waals surface area contributed by atoms with Crippen LogP contribution >= 0.6 is 11.3 Å². The number of ether oxygens (including phenoxy) is 1. The molecule has 3 aromatic heterocycles. The lowest BCUT2D eigenvalue weighted by atomic mass is 10.1. The molecule has 0 radical (unpaired) electrons. The molecule has 1 aromatic carbocycles. The van der Waals surface area contributed by atoms with Gasteiger partial charge in [-0.2, -0.15) is 0 Å². The van der Waals surface area contributed by atoms with Gasteiger partial charge in [-0.1, -0.05) is 18.2 Å². The molecule has 0 bridgehead atoms. The largest absolute Gasteiger partial charge is 0.496 e. The summed E-state index contributed by atoms with van der Waals surface area (Å²) in [7, 11) is 1.69. The summed E-state index contributed by atoms with van der Waals surface area (Å²) >= 11 is 1.63. The fourth-order valence-corrected chi connectivity index (χ4v) is 4.28. The van der Waals surface area contributed by atoms with Crippen LogP contribution < -0.4 is 10.1 Å². The molecule has 0 aliphatic carbocycles. The van der Waals surface area contributed by atoms with Crippen LogP contribution in [0.1, 0.15) is 16.8 Å². The maximum atomic E-state index is 5.42. The third-order valence-corrected chi connectivity index (χ3v) is 5.27. The van der Waals surface area contributed by atoms with E-state index in [1.54, 1.807) is 24.8 Å². The smallest absolute Gasteiger partial charge is 0.147 e. The van der Waals surface area contributed by atoms with Crippen molar-refractivity contribution < 1.29 is 4.74 Å². The van der Waals surface area contributed by atoms with E-state index in [-0.39, 0.29) is 0 Å². The second kappa shape index (κ2) is 6.29. The number of hydrogen-bond donors (Lipinski definition) is 1. The highest BCUT2D eigenvalue weighted by Crippen LogP contribution is 2.36. The molecular weight excluding hydrogens is 332 g/mol. The molecule has 0 fully saturated rings. The molecule has 0 aliphatic rings. The van der Waals surface area contributed by atoms with Gasteiger partial charge in [0.1, 0.15) is 22.7 Å². The van der Waals surface area contributed by atoms with Crippen molar-refractivity contribution in [1.29, 1.82) is 0 Å². The molecular formula is C19H18N4OS. The minimum absolute atomic E-state index is 0.635. The number of thiophene rings is 1. The number of rotatable bonds is 4. The molecule has 1 N–H and O–H groups in total. The van der Waals surface area contributed by atoms with Gasteiger partial charge in [0.15, 0.2) is 0 Å². The molecule has 6 heteroatoms. The summed E-state index contributed by atoms with van der Waals surface area (Å²) in [5.74, 6) is 1.70. The summed E-state index contributed by atoms with van der Waals surface area (Å²) < 4.78 is 6.45. The molecule has 0 aliphatic heterocycles. The molecule has 25 heavy (non-hydrogen) atoms. The highest BCUT2D eigenvalue weighted by molar-refractivity contribution is 7.26. The summed E-state index contributed by atoms with van der Waals surface area (Å²) in [5.41, 5.74) is 4.27. The van der Waals surface area contributed by atoms with Gasteiger partial charge in [-0.15, -0.1) is 11.3 Å². The minimum Gasteiger partial charge on any atom is -0.496 e. The molecule has 4 rings (SSSR count). The average Bonchev–Trinajstić information content (AvgIpc) is 2.99. The fraction of sp³-hybridized carbons (Fsp3) is 0.211. The summed E-state index contributed by atoms with van der Waals surface area (Å²) in [6.07, 6.45) is 1.61. The number of aromatic nitrogens is 3. The molecule has 126 valence electrons. The number of hydrogen-bond acceptors (Lipinski definition) is 6. The van der Waals surface area contributed by atoms with Crippen LogP contribution in [0.15, 0.2) is 36.7 Å². The first-order valence-corrected chi connectivity index (χ1v) is 8.86. The van der Waals surface area contributed by atoms with Crippen molar-refractivity contribution in [3.05, 3.63) is 53.5 Å². The molecule has 0 atom stereocenters. The van der Waals surface area contributed by atoms with Gasteiger partial charge in [0.05, 0.1) is 17.3 Å². The molecule has 4 aromatic rings. The van der Waals surface area contributed by atoms with Crippen molar-refractivity contribution in [2.45, 2.75) is 20.4 Å².